The summed E-state index contributed by atoms with van der Waals surface area (Å²) in [6.45, 7) is 1.42. The van der Waals surface area contributed by atoms with Gasteiger partial charge in [0.25, 0.3) is 0 Å². The molecule has 0 amide bonds. The van der Waals surface area contributed by atoms with Crippen LogP contribution in [0.1, 0.15) is 11.1 Å². The molecule has 1 heterocycles. The summed E-state index contributed by atoms with van der Waals surface area (Å²) in [5.74, 6) is 0. The van der Waals surface area contributed by atoms with Gasteiger partial charge in [-0.25, -0.2) is 0 Å². The lowest BCUT2D eigenvalue weighted by Crippen LogP contribution is -2.01. The van der Waals surface area contributed by atoms with E-state index < -0.39 is 0 Å². The van der Waals surface area contributed by atoms with Gasteiger partial charge in [-0.15, -0.1) is 0 Å². The predicted octanol–water partition coefficient (Wildman–Crippen LogP) is 3.99. The molecule has 0 bridgehead atoms. The smallest absolute Gasteiger partial charge is 0.0713 e. The topological polar surface area (TPSA) is 34.1 Å². The lowest BCUT2D eigenvalue weighted by molar-refractivity contribution is 0.185. The van der Waals surface area contributed by atoms with Crippen molar-refractivity contribution in [1.29, 1.82) is 0 Å². The number of pyridine rings is 1. The Balaban J connectivity index is 1.79. The second kappa shape index (κ2) is 6.37. The van der Waals surface area contributed by atoms with Crippen molar-refractivity contribution in [3.63, 3.8) is 0 Å². The number of hydrogen-bond donors (Lipinski definition) is 1. The highest BCUT2D eigenvalue weighted by Gasteiger charge is 2.01. The lowest BCUT2D eigenvalue weighted by atomic mass is 10.1. The molecule has 3 nitrogen and oxygen atoms in total. The highest BCUT2D eigenvalue weighted by Crippen LogP contribution is 2.19. The molecule has 3 aromatic rings. The number of ether oxygens (including phenoxy) is 1. The molecule has 0 radical (unpaired) electrons. The number of fused-ring (bicyclic) bond motifs is 1. The molecule has 21 heavy (non-hydrogen) atoms. The Hall–Kier alpha value is -2.39. The number of hydrogen-bond acceptors (Lipinski definition) is 3. The minimum Gasteiger partial charge on any atom is -0.381 e. The molecule has 1 N–H and O–H groups in total. The second-order valence-electron chi connectivity index (χ2n) is 5.00. The zero-order valence-corrected chi connectivity index (χ0v) is 12.0. The summed E-state index contributed by atoms with van der Waals surface area (Å²) in [6, 6.07) is 16.7. The van der Waals surface area contributed by atoms with Gasteiger partial charge in [0.05, 0.1) is 6.61 Å². The minimum absolute atomic E-state index is 0.634. The van der Waals surface area contributed by atoms with Gasteiger partial charge in [-0.3, -0.25) is 4.98 Å². The average molecular weight is 278 g/mol. The summed E-state index contributed by atoms with van der Waals surface area (Å²) in [5, 5.41) is 5.89. The van der Waals surface area contributed by atoms with Gasteiger partial charge < -0.3 is 10.1 Å². The number of aromatic nitrogens is 1. The van der Waals surface area contributed by atoms with Crippen molar-refractivity contribution >= 4 is 16.5 Å². The molecule has 2 aromatic carbocycles. The fourth-order valence-corrected chi connectivity index (χ4v) is 2.48. The maximum Gasteiger partial charge on any atom is 0.0713 e. The molecule has 0 saturated heterocycles. The fourth-order valence-electron chi connectivity index (χ4n) is 2.48. The van der Waals surface area contributed by atoms with E-state index in [4.69, 9.17) is 4.74 Å². The zero-order chi connectivity index (χ0) is 14.5. The second-order valence-corrected chi connectivity index (χ2v) is 5.00. The quantitative estimate of drug-likeness (QED) is 0.766. The maximum absolute atomic E-state index is 5.17. The van der Waals surface area contributed by atoms with Crippen molar-refractivity contribution in [2.24, 2.45) is 0 Å². The third kappa shape index (κ3) is 3.20. The van der Waals surface area contributed by atoms with Crippen LogP contribution in [0.3, 0.4) is 0 Å². The summed E-state index contributed by atoms with van der Waals surface area (Å²) >= 11 is 0. The molecule has 0 aliphatic rings. The van der Waals surface area contributed by atoms with E-state index >= 15 is 0 Å². The summed E-state index contributed by atoms with van der Waals surface area (Å²) in [4.78, 5) is 4.17. The number of benzene rings is 2. The first-order chi connectivity index (χ1) is 10.4. The highest BCUT2D eigenvalue weighted by molar-refractivity contribution is 5.84. The molecule has 0 spiro atoms. The molecule has 0 atom stereocenters. The Kier molecular flexibility index (Phi) is 4.12. The summed E-state index contributed by atoms with van der Waals surface area (Å²) in [5.41, 5.74) is 3.55. The van der Waals surface area contributed by atoms with Crippen LogP contribution >= 0.6 is 0 Å². The fraction of sp³-hybridized carbons (Fsp3) is 0.167. The van der Waals surface area contributed by atoms with Crippen molar-refractivity contribution in [2.75, 3.05) is 12.4 Å². The van der Waals surface area contributed by atoms with Crippen LogP contribution < -0.4 is 5.32 Å². The zero-order valence-electron chi connectivity index (χ0n) is 12.0. The molecule has 1 aromatic heterocycles. The third-order valence-electron chi connectivity index (χ3n) is 3.49. The predicted molar refractivity (Wildman–Crippen MR) is 86.2 cm³/mol. The van der Waals surface area contributed by atoms with Gasteiger partial charge in [0, 0.05) is 37.1 Å². The standard InChI is InChI=1S/C18H18N2O/c1-21-13-14-4-2-7-17(10-14)20-12-16-6-3-5-15-11-19-9-8-18(15)16/h2-11,20H,12-13H2,1H3. The van der Waals surface area contributed by atoms with E-state index in [2.05, 4.69) is 52.8 Å². The van der Waals surface area contributed by atoms with Crippen molar-refractivity contribution < 1.29 is 4.74 Å². The number of methoxy groups -OCH3 is 1. The van der Waals surface area contributed by atoms with Crippen LogP contribution in [0.5, 0.6) is 0 Å². The van der Waals surface area contributed by atoms with Gasteiger partial charge in [0.15, 0.2) is 0 Å². The van der Waals surface area contributed by atoms with Crippen LogP contribution in [0.2, 0.25) is 0 Å². The van der Waals surface area contributed by atoms with E-state index in [0.29, 0.717) is 6.61 Å². The monoisotopic (exact) mass is 278 g/mol. The highest BCUT2D eigenvalue weighted by atomic mass is 16.5. The molecule has 0 saturated carbocycles. The molecular weight excluding hydrogens is 260 g/mol. The number of anilines is 1. The van der Waals surface area contributed by atoms with Crippen LogP contribution in [0.15, 0.2) is 60.9 Å². The van der Waals surface area contributed by atoms with Gasteiger partial charge in [0.1, 0.15) is 0 Å². The Morgan fingerprint density at radius 3 is 2.90 bits per heavy atom. The van der Waals surface area contributed by atoms with Crippen molar-refractivity contribution in [3.05, 3.63) is 72.1 Å². The van der Waals surface area contributed by atoms with Gasteiger partial charge in [-0.1, -0.05) is 30.3 Å². The normalized spacial score (nSPS) is 10.7. The van der Waals surface area contributed by atoms with Crippen molar-refractivity contribution in [3.8, 4) is 0 Å². The Labute approximate surface area is 124 Å². The first kappa shape index (κ1) is 13.6. The molecular formula is C18H18N2O. The van der Waals surface area contributed by atoms with Gasteiger partial charge in [0.2, 0.25) is 0 Å². The molecule has 0 unspecified atom stereocenters. The number of rotatable bonds is 5. The van der Waals surface area contributed by atoms with E-state index in [1.165, 1.54) is 21.9 Å². The van der Waals surface area contributed by atoms with Crippen LogP contribution in [-0.4, -0.2) is 12.1 Å². The maximum atomic E-state index is 5.17. The Bertz CT molecular complexity index is 735. The number of nitrogens with one attached hydrogen (secondary N) is 1. The van der Waals surface area contributed by atoms with Crippen LogP contribution in [0, 0.1) is 0 Å². The van der Waals surface area contributed by atoms with E-state index in [1.807, 2.05) is 18.5 Å². The van der Waals surface area contributed by atoms with E-state index in [1.54, 1.807) is 7.11 Å². The van der Waals surface area contributed by atoms with Gasteiger partial charge in [-0.05, 0) is 34.7 Å². The summed E-state index contributed by atoms with van der Waals surface area (Å²) in [7, 11) is 1.71. The van der Waals surface area contributed by atoms with Crippen LogP contribution in [-0.2, 0) is 17.9 Å². The SMILES string of the molecule is COCc1cccc(NCc2cccc3cnccc23)c1. The molecule has 3 heteroatoms. The average Bonchev–Trinajstić information content (AvgIpc) is 2.53. The van der Waals surface area contributed by atoms with Gasteiger partial charge in [-0.2, -0.15) is 0 Å². The number of nitrogens with zero attached hydrogens (tertiary/aromatic N) is 1. The first-order valence-electron chi connectivity index (χ1n) is 7.00. The Morgan fingerprint density at radius 1 is 1.10 bits per heavy atom. The lowest BCUT2D eigenvalue weighted by Gasteiger charge is -2.10. The molecule has 0 fully saturated rings. The first-order valence-corrected chi connectivity index (χ1v) is 7.00. The molecule has 0 aliphatic heterocycles. The third-order valence-corrected chi connectivity index (χ3v) is 3.49. The van der Waals surface area contributed by atoms with E-state index in [0.717, 1.165) is 12.2 Å². The van der Waals surface area contributed by atoms with E-state index in [-0.39, 0.29) is 0 Å². The summed E-state index contributed by atoms with van der Waals surface area (Å²) < 4.78 is 5.17. The Morgan fingerprint density at radius 2 is 2.00 bits per heavy atom. The largest absolute Gasteiger partial charge is 0.381 e. The molecule has 3 rings (SSSR count). The minimum atomic E-state index is 0.634. The van der Waals surface area contributed by atoms with Gasteiger partial charge >= 0.3 is 0 Å². The molecule has 106 valence electrons. The summed E-state index contributed by atoms with van der Waals surface area (Å²) in [6.07, 6.45) is 3.74. The van der Waals surface area contributed by atoms with Crippen LogP contribution in [0.25, 0.3) is 10.8 Å². The van der Waals surface area contributed by atoms with E-state index in [9.17, 15) is 0 Å². The van der Waals surface area contributed by atoms with Crippen molar-refractivity contribution in [2.45, 2.75) is 13.2 Å². The van der Waals surface area contributed by atoms with Crippen LogP contribution in [0.4, 0.5) is 5.69 Å². The molecule has 0 aliphatic carbocycles. The van der Waals surface area contributed by atoms with Crippen molar-refractivity contribution in [1.82, 2.24) is 4.98 Å².